The lowest BCUT2D eigenvalue weighted by Crippen LogP contribution is -2.20. The second-order valence-electron chi connectivity index (χ2n) is 6.76. The number of nitrogens with zero attached hydrogens (tertiary/aromatic N) is 1. The third-order valence-electron chi connectivity index (χ3n) is 4.26. The minimum atomic E-state index is -0.431. The number of rotatable bonds is 8. The van der Waals surface area contributed by atoms with Crippen LogP contribution in [0.1, 0.15) is 11.1 Å². The zero-order valence-corrected chi connectivity index (χ0v) is 19.7. The molecule has 2 N–H and O–H groups in total. The van der Waals surface area contributed by atoms with Crippen LogP contribution in [0, 0.1) is 17.0 Å². The summed E-state index contributed by atoms with van der Waals surface area (Å²) in [5.41, 5.74) is 3.37. The molecule has 160 valence electrons. The molecule has 3 aromatic rings. The molecular formula is C22H19Br2N3O4. The van der Waals surface area contributed by atoms with Gasteiger partial charge < -0.3 is 15.4 Å². The molecule has 0 saturated heterocycles. The fourth-order valence-electron chi connectivity index (χ4n) is 2.84. The molecule has 0 unspecified atom stereocenters. The van der Waals surface area contributed by atoms with Gasteiger partial charge in [-0.15, -0.1) is 0 Å². The van der Waals surface area contributed by atoms with Gasteiger partial charge in [-0.05, 0) is 80.2 Å². The van der Waals surface area contributed by atoms with Crippen LogP contribution in [0.15, 0.2) is 69.6 Å². The Morgan fingerprint density at radius 1 is 1.03 bits per heavy atom. The number of non-ortho nitro benzene ring substituents is 1. The number of amides is 1. The Hall–Kier alpha value is -2.91. The number of carbonyl (C=O) groups is 1. The highest BCUT2D eigenvalue weighted by atomic mass is 79.9. The Morgan fingerprint density at radius 3 is 2.39 bits per heavy atom. The average Bonchev–Trinajstić information content (AvgIpc) is 2.72. The average molecular weight is 549 g/mol. The molecule has 0 aliphatic rings. The summed E-state index contributed by atoms with van der Waals surface area (Å²) in [6, 6.07) is 17.6. The van der Waals surface area contributed by atoms with E-state index in [1.165, 1.54) is 12.1 Å². The van der Waals surface area contributed by atoms with Crippen LogP contribution >= 0.6 is 31.9 Å². The van der Waals surface area contributed by atoms with E-state index >= 15 is 0 Å². The maximum absolute atomic E-state index is 12.2. The number of benzene rings is 3. The number of anilines is 2. The molecule has 0 saturated carbocycles. The van der Waals surface area contributed by atoms with Gasteiger partial charge in [-0.2, -0.15) is 0 Å². The lowest BCUT2D eigenvalue weighted by molar-refractivity contribution is -0.384. The number of carbonyl (C=O) groups excluding carboxylic acids is 1. The summed E-state index contributed by atoms with van der Waals surface area (Å²) >= 11 is 6.96. The van der Waals surface area contributed by atoms with Crippen molar-refractivity contribution in [3.63, 3.8) is 0 Å². The Kier molecular flexibility index (Phi) is 7.64. The number of hydrogen-bond acceptors (Lipinski definition) is 5. The molecular weight excluding hydrogens is 530 g/mol. The Bertz CT molecular complexity index is 1100. The molecule has 31 heavy (non-hydrogen) atoms. The van der Waals surface area contributed by atoms with Crippen molar-refractivity contribution in [2.45, 2.75) is 13.5 Å². The summed E-state index contributed by atoms with van der Waals surface area (Å²) < 4.78 is 7.05. The molecule has 3 rings (SSSR count). The van der Waals surface area contributed by atoms with E-state index in [2.05, 4.69) is 42.5 Å². The summed E-state index contributed by atoms with van der Waals surface area (Å²) in [6.45, 7) is 2.26. The monoisotopic (exact) mass is 547 g/mol. The summed E-state index contributed by atoms with van der Waals surface area (Å²) in [5.74, 6) is 0.249. The van der Waals surface area contributed by atoms with E-state index in [9.17, 15) is 14.9 Å². The number of nitro benzene ring substituents is 1. The fraction of sp³-hybridized carbons (Fsp3) is 0.136. The summed E-state index contributed by atoms with van der Waals surface area (Å²) in [7, 11) is 0. The van der Waals surface area contributed by atoms with Gasteiger partial charge in [-0.25, -0.2) is 0 Å². The molecule has 0 aliphatic carbocycles. The molecule has 0 spiro atoms. The molecule has 0 heterocycles. The zero-order valence-electron chi connectivity index (χ0n) is 16.5. The lowest BCUT2D eigenvalue weighted by Gasteiger charge is -2.13. The van der Waals surface area contributed by atoms with Gasteiger partial charge in [0.2, 0.25) is 0 Å². The van der Waals surface area contributed by atoms with E-state index in [-0.39, 0.29) is 18.2 Å². The number of halogens is 2. The highest BCUT2D eigenvalue weighted by molar-refractivity contribution is 9.11. The fourth-order valence-corrected chi connectivity index (χ4v) is 4.35. The Balaban J connectivity index is 1.60. The molecule has 0 aromatic heterocycles. The first-order valence-electron chi connectivity index (χ1n) is 9.27. The van der Waals surface area contributed by atoms with Crippen LogP contribution in [0.4, 0.5) is 17.1 Å². The highest BCUT2D eigenvalue weighted by Crippen LogP contribution is 2.35. The number of nitrogens with one attached hydrogen (secondary N) is 2. The van der Waals surface area contributed by atoms with Crippen molar-refractivity contribution in [3.8, 4) is 5.75 Å². The van der Waals surface area contributed by atoms with Crippen molar-refractivity contribution < 1.29 is 14.5 Å². The van der Waals surface area contributed by atoms with E-state index in [1.54, 1.807) is 12.1 Å². The first kappa shape index (κ1) is 22.8. The minimum Gasteiger partial charge on any atom is -0.481 e. The van der Waals surface area contributed by atoms with Gasteiger partial charge in [0.05, 0.1) is 13.9 Å². The number of hydrogen-bond donors (Lipinski definition) is 2. The van der Waals surface area contributed by atoms with Crippen molar-refractivity contribution in [3.05, 3.63) is 90.9 Å². The second kappa shape index (κ2) is 10.4. The number of nitro groups is 1. The van der Waals surface area contributed by atoms with Gasteiger partial charge in [0.15, 0.2) is 6.61 Å². The van der Waals surface area contributed by atoms with Gasteiger partial charge in [0, 0.05) is 30.1 Å². The Morgan fingerprint density at radius 2 is 1.71 bits per heavy atom. The predicted molar refractivity (Wildman–Crippen MR) is 128 cm³/mol. The molecule has 0 aliphatic heterocycles. The number of aryl methyl sites for hydroxylation is 1. The quantitative estimate of drug-likeness (QED) is 0.264. The van der Waals surface area contributed by atoms with Gasteiger partial charge in [-0.1, -0.05) is 18.2 Å². The minimum absolute atomic E-state index is 0.0278. The van der Waals surface area contributed by atoms with E-state index in [0.29, 0.717) is 32.6 Å². The molecule has 0 atom stereocenters. The first-order valence-corrected chi connectivity index (χ1v) is 10.9. The van der Waals surface area contributed by atoms with E-state index in [1.807, 2.05) is 43.3 Å². The first-order chi connectivity index (χ1) is 14.8. The van der Waals surface area contributed by atoms with Crippen molar-refractivity contribution in [2.75, 3.05) is 17.2 Å². The Labute approximate surface area is 196 Å². The van der Waals surface area contributed by atoms with E-state index < -0.39 is 4.92 Å². The van der Waals surface area contributed by atoms with Crippen molar-refractivity contribution in [1.82, 2.24) is 0 Å². The van der Waals surface area contributed by atoms with Crippen LogP contribution in [-0.2, 0) is 11.3 Å². The standard InChI is InChI=1S/C22H19Br2N3O4/c1-14-4-2-6-17(8-14)26-21(28)13-31-22-19(23)9-15(10-20(22)24)12-25-16-5-3-7-18(11-16)27(29)30/h2-11,25H,12-13H2,1H3,(H,26,28). The van der Waals surface area contributed by atoms with Crippen LogP contribution in [0.3, 0.4) is 0 Å². The topological polar surface area (TPSA) is 93.5 Å². The largest absolute Gasteiger partial charge is 0.481 e. The van der Waals surface area contributed by atoms with Crippen LogP contribution in [0.2, 0.25) is 0 Å². The van der Waals surface area contributed by atoms with E-state index in [4.69, 9.17) is 4.74 Å². The normalized spacial score (nSPS) is 10.4. The van der Waals surface area contributed by atoms with Crippen LogP contribution in [-0.4, -0.2) is 17.4 Å². The molecule has 7 nitrogen and oxygen atoms in total. The maximum atomic E-state index is 12.2. The van der Waals surface area contributed by atoms with Gasteiger partial charge in [-0.3, -0.25) is 14.9 Å². The summed E-state index contributed by atoms with van der Waals surface area (Å²) in [4.78, 5) is 22.7. The lowest BCUT2D eigenvalue weighted by atomic mass is 10.2. The third kappa shape index (κ3) is 6.53. The smallest absolute Gasteiger partial charge is 0.271 e. The van der Waals surface area contributed by atoms with Crippen LogP contribution in [0.25, 0.3) is 0 Å². The van der Waals surface area contributed by atoms with Crippen molar-refractivity contribution in [2.24, 2.45) is 0 Å². The van der Waals surface area contributed by atoms with Crippen molar-refractivity contribution in [1.29, 1.82) is 0 Å². The third-order valence-corrected chi connectivity index (χ3v) is 5.44. The zero-order chi connectivity index (χ0) is 22.4. The molecule has 0 radical (unpaired) electrons. The molecule has 0 bridgehead atoms. The molecule has 9 heteroatoms. The van der Waals surface area contributed by atoms with Crippen LogP contribution in [0.5, 0.6) is 5.75 Å². The molecule has 1 amide bonds. The maximum Gasteiger partial charge on any atom is 0.271 e. The predicted octanol–water partition coefficient (Wildman–Crippen LogP) is 6.06. The van der Waals surface area contributed by atoms with Gasteiger partial charge >= 0.3 is 0 Å². The number of ether oxygens (including phenoxy) is 1. The molecule has 3 aromatic carbocycles. The summed E-state index contributed by atoms with van der Waals surface area (Å²) in [5, 5.41) is 16.9. The SMILES string of the molecule is Cc1cccc(NC(=O)COc2c(Br)cc(CNc3cccc([N+](=O)[O-])c3)cc2Br)c1. The summed E-state index contributed by atoms with van der Waals surface area (Å²) in [6.07, 6.45) is 0. The van der Waals surface area contributed by atoms with Crippen LogP contribution < -0.4 is 15.4 Å². The van der Waals surface area contributed by atoms with Gasteiger partial charge in [0.1, 0.15) is 5.75 Å². The molecule has 0 fully saturated rings. The van der Waals surface area contributed by atoms with Crippen molar-refractivity contribution >= 4 is 54.8 Å². The highest BCUT2D eigenvalue weighted by Gasteiger charge is 2.12. The van der Waals surface area contributed by atoms with E-state index in [0.717, 1.165) is 11.1 Å². The van der Waals surface area contributed by atoms with Gasteiger partial charge in [0.25, 0.3) is 11.6 Å². The second-order valence-corrected chi connectivity index (χ2v) is 8.46.